The number of nitrogens with one attached hydrogen (secondary N) is 1. The largest absolute Gasteiger partial charge is 0.308 e. The summed E-state index contributed by atoms with van der Waals surface area (Å²) in [6, 6.07) is 2.12. The molecule has 0 spiro atoms. The van der Waals surface area contributed by atoms with Crippen molar-refractivity contribution in [3.63, 3.8) is 0 Å². The summed E-state index contributed by atoms with van der Waals surface area (Å²) in [7, 11) is 0. The number of hydrogen-bond donors (Lipinski definition) is 2. The van der Waals surface area contributed by atoms with E-state index in [4.69, 9.17) is 5.84 Å². The van der Waals surface area contributed by atoms with Crippen LogP contribution < -0.4 is 11.3 Å². The first-order valence-corrected chi connectivity index (χ1v) is 8.13. The minimum Gasteiger partial charge on any atom is -0.308 e. The second kappa shape index (κ2) is 5.64. The van der Waals surface area contributed by atoms with Crippen LogP contribution in [0.5, 0.6) is 0 Å². The van der Waals surface area contributed by atoms with Gasteiger partial charge in [0.25, 0.3) is 0 Å². The van der Waals surface area contributed by atoms with Crippen LogP contribution in [0.2, 0.25) is 0 Å². The van der Waals surface area contributed by atoms with Crippen molar-refractivity contribution < 1.29 is 0 Å². The molecular weight excluding hydrogens is 276 g/mol. The minimum absolute atomic E-state index is 0.207. The second-order valence-corrected chi connectivity index (χ2v) is 8.24. The van der Waals surface area contributed by atoms with Gasteiger partial charge in [0, 0.05) is 9.62 Å². The van der Waals surface area contributed by atoms with Crippen LogP contribution in [-0.2, 0) is 12.2 Å². The van der Waals surface area contributed by atoms with Gasteiger partial charge in [-0.05, 0) is 12.5 Å². The van der Waals surface area contributed by atoms with E-state index in [9.17, 15) is 0 Å². The Morgan fingerprint density at radius 1 is 1.37 bits per heavy atom. The van der Waals surface area contributed by atoms with E-state index in [2.05, 4.69) is 49.2 Å². The molecule has 0 bridgehead atoms. The van der Waals surface area contributed by atoms with Gasteiger partial charge in [0.15, 0.2) is 5.82 Å². The number of fused-ring (bicyclic) bond motifs is 1. The Labute approximate surface area is 122 Å². The molecule has 0 aromatic carbocycles. The summed E-state index contributed by atoms with van der Waals surface area (Å²) in [4.78, 5) is 11.5. The van der Waals surface area contributed by atoms with E-state index in [0.29, 0.717) is 0 Å². The molecule has 2 heterocycles. The summed E-state index contributed by atoms with van der Waals surface area (Å²) in [5, 5.41) is 1.02. The molecule has 2 aromatic heterocycles. The maximum Gasteiger partial charge on any atom is 0.152 e. The molecule has 3 N–H and O–H groups in total. The van der Waals surface area contributed by atoms with Crippen molar-refractivity contribution in [2.45, 2.75) is 44.6 Å². The van der Waals surface area contributed by atoms with E-state index >= 15 is 0 Å². The van der Waals surface area contributed by atoms with E-state index < -0.39 is 0 Å². The van der Waals surface area contributed by atoms with Crippen LogP contribution in [0.4, 0.5) is 5.82 Å². The van der Waals surface area contributed by atoms with Gasteiger partial charge < -0.3 is 5.43 Å². The van der Waals surface area contributed by atoms with Gasteiger partial charge in [-0.15, -0.1) is 23.1 Å². The number of thiophene rings is 1. The highest BCUT2D eigenvalue weighted by Crippen LogP contribution is 2.31. The Morgan fingerprint density at radius 3 is 2.68 bits per heavy atom. The highest BCUT2D eigenvalue weighted by molar-refractivity contribution is 7.99. The first kappa shape index (κ1) is 14.6. The molecule has 0 aliphatic heterocycles. The number of aromatic nitrogens is 2. The number of thioether (sulfide) groups is 1. The molecule has 4 nitrogen and oxygen atoms in total. The molecule has 0 fully saturated rings. The fourth-order valence-electron chi connectivity index (χ4n) is 1.65. The number of rotatable bonds is 4. The summed E-state index contributed by atoms with van der Waals surface area (Å²) < 4.78 is 0.207. The highest BCUT2D eigenvalue weighted by atomic mass is 32.2. The van der Waals surface area contributed by atoms with Crippen LogP contribution in [0.1, 0.15) is 38.4 Å². The number of anilines is 1. The summed E-state index contributed by atoms with van der Waals surface area (Å²) in [5.41, 5.74) is 2.69. The van der Waals surface area contributed by atoms with E-state index in [1.807, 2.05) is 11.8 Å². The van der Waals surface area contributed by atoms with Crippen molar-refractivity contribution in [3.05, 3.63) is 16.8 Å². The van der Waals surface area contributed by atoms with Gasteiger partial charge in [-0.2, -0.15) is 0 Å². The molecule has 19 heavy (non-hydrogen) atoms. The third kappa shape index (κ3) is 3.58. The van der Waals surface area contributed by atoms with Crippen LogP contribution in [0, 0.1) is 0 Å². The highest BCUT2D eigenvalue weighted by Gasteiger charge is 2.14. The summed E-state index contributed by atoms with van der Waals surface area (Å²) in [6.07, 6.45) is 1.01. The Hall–Kier alpha value is -0.850. The molecule has 0 aliphatic rings. The molecule has 0 aliphatic carbocycles. The average Bonchev–Trinajstić information content (AvgIpc) is 2.77. The van der Waals surface area contributed by atoms with Crippen molar-refractivity contribution in [1.29, 1.82) is 0 Å². The third-order valence-electron chi connectivity index (χ3n) is 2.61. The zero-order valence-electron chi connectivity index (χ0n) is 11.8. The molecule has 0 atom stereocenters. The van der Waals surface area contributed by atoms with Crippen molar-refractivity contribution in [2.75, 3.05) is 5.43 Å². The van der Waals surface area contributed by atoms with Crippen LogP contribution in [-0.4, -0.2) is 14.7 Å². The fraction of sp³-hybridized carbons (Fsp3) is 0.538. The fourth-order valence-corrected chi connectivity index (χ4v) is 3.32. The molecule has 0 saturated carbocycles. The summed E-state index contributed by atoms with van der Waals surface area (Å²) >= 11 is 3.56. The molecule has 2 aromatic rings. The predicted molar refractivity (Wildman–Crippen MR) is 85.7 cm³/mol. The number of nitrogens with zero attached hydrogens (tertiary/aromatic N) is 2. The van der Waals surface area contributed by atoms with E-state index in [-0.39, 0.29) is 4.75 Å². The Bertz CT molecular complexity index is 572. The van der Waals surface area contributed by atoms with Crippen LogP contribution >= 0.6 is 23.1 Å². The standard InChI is InChI=1S/C13H20N4S2/c1-5-8-6-9-11(17-14)15-10(16-12(9)19-8)7-18-13(2,3)4/h6H,5,7,14H2,1-4H3,(H,15,16,17). The van der Waals surface area contributed by atoms with Gasteiger partial charge in [0.2, 0.25) is 0 Å². The topological polar surface area (TPSA) is 63.8 Å². The van der Waals surface area contributed by atoms with Gasteiger partial charge in [0.1, 0.15) is 10.7 Å². The Balaban J connectivity index is 2.35. The van der Waals surface area contributed by atoms with Crippen molar-refractivity contribution >= 4 is 39.1 Å². The zero-order valence-corrected chi connectivity index (χ0v) is 13.4. The number of nitrogens with two attached hydrogens (primary N) is 1. The minimum atomic E-state index is 0.207. The van der Waals surface area contributed by atoms with Gasteiger partial charge in [-0.25, -0.2) is 15.8 Å². The lowest BCUT2D eigenvalue weighted by Crippen LogP contribution is -2.12. The van der Waals surface area contributed by atoms with Crippen LogP contribution in [0.15, 0.2) is 6.07 Å². The monoisotopic (exact) mass is 296 g/mol. The number of hydrogen-bond acceptors (Lipinski definition) is 6. The SMILES string of the molecule is CCc1cc2c(NN)nc(CSC(C)(C)C)nc2s1. The molecule has 6 heteroatoms. The van der Waals surface area contributed by atoms with Crippen LogP contribution in [0.25, 0.3) is 10.2 Å². The lowest BCUT2D eigenvalue weighted by atomic mass is 10.3. The summed E-state index contributed by atoms with van der Waals surface area (Å²) in [5.74, 6) is 7.94. The third-order valence-corrected chi connectivity index (χ3v) is 5.05. The molecule has 0 unspecified atom stereocenters. The Kier molecular flexibility index (Phi) is 4.32. The van der Waals surface area contributed by atoms with E-state index in [1.54, 1.807) is 11.3 Å². The van der Waals surface area contributed by atoms with Gasteiger partial charge in [-0.3, -0.25) is 0 Å². The first-order valence-electron chi connectivity index (χ1n) is 6.33. The quantitative estimate of drug-likeness (QED) is 0.667. The van der Waals surface area contributed by atoms with Crippen molar-refractivity contribution in [2.24, 2.45) is 5.84 Å². The number of hydrazine groups is 1. The van der Waals surface area contributed by atoms with Gasteiger partial charge in [-0.1, -0.05) is 27.7 Å². The van der Waals surface area contributed by atoms with Gasteiger partial charge >= 0.3 is 0 Å². The lowest BCUT2D eigenvalue weighted by Gasteiger charge is -2.16. The summed E-state index contributed by atoms with van der Waals surface area (Å²) in [6.45, 7) is 8.72. The maximum atomic E-state index is 5.58. The predicted octanol–water partition coefficient (Wildman–Crippen LogP) is 3.57. The van der Waals surface area contributed by atoms with E-state index in [0.717, 1.165) is 34.0 Å². The number of aryl methyl sites for hydroxylation is 1. The molecule has 0 saturated heterocycles. The Morgan fingerprint density at radius 2 is 2.11 bits per heavy atom. The lowest BCUT2D eigenvalue weighted by molar-refractivity contribution is 0.800. The average molecular weight is 296 g/mol. The second-order valence-electron chi connectivity index (χ2n) is 5.32. The molecule has 0 radical (unpaired) electrons. The molecule has 104 valence electrons. The molecular formula is C13H20N4S2. The number of nitrogen functional groups attached to an aromatic ring is 1. The zero-order chi connectivity index (χ0) is 14.0. The maximum absolute atomic E-state index is 5.58. The van der Waals surface area contributed by atoms with Gasteiger partial charge in [0.05, 0.1) is 11.1 Å². The molecule has 0 amide bonds. The van der Waals surface area contributed by atoms with E-state index in [1.165, 1.54) is 4.88 Å². The van der Waals surface area contributed by atoms with Crippen molar-refractivity contribution in [3.8, 4) is 0 Å². The normalized spacial score (nSPS) is 12.1. The van der Waals surface area contributed by atoms with Crippen LogP contribution in [0.3, 0.4) is 0 Å². The smallest absolute Gasteiger partial charge is 0.152 e. The van der Waals surface area contributed by atoms with Crippen molar-refractivity contribution in [1.82, 2.24) is 9.97 Å². The molecule has 2 rings (SSSR count). The first-order chi connectivity index (χ1) is 8.93.